The molecule has 0 atom stereocenters. The third kappa shape index (κ3) is 1.19. The Kier molecular flexibility index (Phi) is 1.78. The quantitative estimate of drug-likeness (QED) is 0.408. The average Bonchev–Trinajstić information content (AvgIpc) is 3.05. The van der Waals surface area contributed by atoms with E-state index < -0.39 is 0 Å². The van der Waals surface area contributed by atoms with E-state index in [1.54, 1.807) is 11.3 Å². The molecule has 0 radical (unpaired) electrons. The highest BCUT2D eigenvalue weighted by atomic mass is 32.2. The van der Waals surface area contributed by atoms with E-state index in [2.05, 4.69) is 26.7 Å². The summed E-state index contributed by atoms with van der Waals surface area (Å²) in [5.41, 5.74) is 3.79. The van der Waals surface area contributed by atoms with Gasteiger partial charge in [-0.05, 0) is 35.6 Å². The molecule has 5 heterocycles. The van der Waals surface area contributed by atoms with Crippen LogP contribution in [0.15, 0.2) is 36.7 Å². The van der Waals surface area contributed by atoms with Crippen molar-refractivity contribution < 1.29 is 4.57 Å². The number of pyridine rings is 2. The predicted molar refractivity (Wildman–Crippen MR) is 77.5 cm³/mol. The van der Waals surface area contributed by atoms with Gasteiger partial charge in [0.2, 0.25) is 5.52 Å². The third-order valence-electron chi connectivity index (χ3n) is 3.54. The Bertz CT molecular complexity index is 952. The fraction of sp³-hybridized carbons (Fsp3) is 0.0714. The van der Waals surface area contributed by atoms with Crippen molar-refractivity contribution in [1.29, 1.82) is 0 Å². The van der Waals surface area contributed by atoms with Crippen molar-refractivity contribution in [3.8, 4) is 10.7 Å². The molecule has 0 saturated carbocycles. The molecule has 0 amide bonds. The fourth-order valence-corrected chi connectivity index (χ4v) is 5.28. The highest BCUT2D eigenvalue weighted by molar-refractivity contribution is 7.42. The summed E-state index contributed by atoms with van der Waals surface area (Å²) in [6, 6.07) is 8.36. The molecule has 5 heteroatoms. The standard InChI is InChI=1S/C14H8N3S2/c1-3-8-7-17-11-9-4-2-6-16-12(9)18-14(11)19-13(17)10(8)15-5-1/h1-6H,7H2/q+1. The van der Waals surface area contributed by atoms with E-state index in [0.29, 0.717) is 0 Å². The Morgan fingerprint density at radius 1 is 1.05 bits per heavy atom. The first-order valence-electron chi connectivity index (χ1n) is 6.06. The van der Waals surface area contributed by atoms with Crippen LogP contribution in [0.4, 0.5) is 0 Å². The third-order valence-corrected chi connectivity index (χ3v) is 5.92. The topological polar surface area (TPSA) is 29.7 Å². The fourth-order valence-electron chi connectivity index (χ4n) is 2.72. The summed E-state index contributed by atoms with van der Waals surface area (Å²) >= 11 is 3.61. The number of hydrogen-bond acceptors (Lipinski definition) is 4. The van der Waals surface area contributed by atoms with Crippen molar-refractivity contribution in [2.45, 2.75) is 6.54 Å². The van der Waals surface area contributed by atoms with Gasteiger partial charge in [-0.2, -0.15) is 4.57 Å². The summed E-state index contributed by atoms with van der Waals surface area (Å²) in [5, 5.41) is 2.54. The number of fused-ring (bicyclic) bond motifs is 7. The number of nitrogens with zero attached hydrogens (tertiary/aromatic N) is 3. The molecule has 1 aliphatic heterocycles. The molecule has 0 bridgehead atoms. The van der Waals surface area contributed by atoms with Crippen molar-refractivity contribution in [1.82, 2.24) is 9.97 Å². The lowest BCUT2D eigenvalue weighted by molar-refractivity contribution is -0.641. The zero-order chi connectivity index (χ0) is 12.4. The lowest BCUT2D eigenvalue weighted by atomic mass is 10.2. The van der Waals surface area contributed by atoms with Gasteiger partial charge in [0, 0.05) is 12.4 Å². The maximum atomic E-state index is 4.53. The van der Waals surface area contributed by atoms with E-state index in [0.717, 1.165) is 17.1 Å². The van der Waals surface area contributed by atoms with Crippen molar-refractivity contribution in [3.63, 3.8) is 0 Å². The lowest BCUT2D eigenvalue weighted by Gasteiger charge is -1.88. The van der Waals surface area contributed by atoms with Crippen LogP contribution in [0.3, 0.4) is 0 Å². The SMILES string of the molecule is c1cnc2c(c1)C[n+]1c-2sc2sc3ncccc3c21. The van der Waals surface area contributed by atoms with Gasteiger partial charge < -0.3 is 0 Å². The largest absolute Gasteiger partial charge is 0.290 e. The molecule has 0 aliphatic carbocycles. The molecule has 0 spiro atoms. The van der Waals surface area contributed by atoms with E-state index in [9.17, 15) is 0 Å². The summed E-state index contributed by atoms with van der Waals surface area (Å²) in [6.45, 7) is 0.930. The smallest absolute Gasteiger partial charge is 0.248 e. The van der Waals surface area contributed by atoms with E-state index in [-0.39, 0.29) is 0 Å². The van der Waals surface area contributed by atoms with Crippen molar-refractivity contribution >= 4 is 42.4 Å². The Morgan fingerprint density at radius 2 is 1.95 bits per heavy atom. The Balaban J connectivity index is 1.94. The zero-order valence-corrected chi connectivity index (χ0v) is 11.5. The van der Waals surface area contributed by atoms with Crippen LogP contribution in [0.1, 0.15) is 5.56 Å². The minimum atomic E-state index is 0.930. The molecule has 0 saturated heterocycles. The van der Waals surface area contributed by atoms with Crippen LogP contribution in [0.5, 0.6) is 0 Å². The molecule has 0 unspecified atom stereocenters. The van der Waals surface area contributed by atoms with Gasteiger partial charge in [-0.3, -0.25) is 0 Å². The van der Waals surface area contributed by atoms with Crippen LogP contribution in [0.25, 0.3) is 30.4 Å². The van der Waals surface area contributed by atoms with Gasteiger partial charge in [-0.25, -0.2) is 9.97 Å². The molecule has 1 aliphatic rings. The Morgan fingerprint density at radius 3 is 2.95 bits per heavy atom. The summed E-state index contributed by atoms with van der Waals surface area (Å²) in [7, 11) is 0. The van der Waals surface area contributed by atoms with E-state index >= 15 is 0 Å². The second-order valence-electron chi connectivity index (χ2n) is 4.60. The highest BCUT2D eigenvalue weighted by Crippen LogP contribution is 2.40. The number of aromatic nitrogens is 3. The predicted octanol–water partition coefficient (Wildman–Crippen LogP) is 3.22. The van der Waals surface area contributed by atoms with E-state index in [4.69, 9.17) is 0 Å². The van der Waals surface area contributed by atoms with Gasteiger partial charge in [0.1, 0.15) is 4.83 Å². The van der Waals surface area contributed by atoms with Crippen LogP contribution < -0.4 is 4.57 Å². The Hall–Kier alpha value is -1.85. The van der Waals surface area contributed by atoms with Crippen LogP contribution in [0, 0.1) is 0 Å². The van der Waals surface area contributed by atoms with Crippen molar-refractivity contribution in [2.75, 3.05) is 0 Å². The van der Waals surface area contributed by atoms with E-state index in [1.165, 1.54) is 25.5 Å². The summed E-state index contributed by atoms with van der Waals surface area (Å²) < 4.78 is 3.73. The first-order valence-corrected chi connectivity index (χ1v) is 7.69. The van der Waals surface area contributed by atoms with Crippen molar-refractivity contribution in [2.24, 2.45) is 0 Å². The summed E-state index contributed by atoms with van der Waals surface area (Å²) in [5.74, 6) is 0. The zero-order valence-electron chi connectivity index (χ0n) is 9.83. The molecule has 3 nitrogen and oxygen atoms in total. The molecule has 5 rings (SSSR count). The van der Waals surface area contributed by atoms with Crippen molar-refractivity contribution in [3.05, 3.63) is 42.2 Å². The minimum absolute atomic E-state index is 0.930. The van der Waals surface area contributed by atoms with Crippen LogP contribution in [-0.4, -0.2) is 9.97 Å². The van der Waals surface area contributed by atoms with Crippen LogP contribution >= 0.6 is 22.7 Å². The van der Waals surface area contributed by atoms with Crippen LogP contribution in [0.2, 0.25) is 0 Å². The van der Waals surface area contributed by atoms with Gasteiger partial charge in [0.15, 0.2) is 16.3 Å². The van der Waals surface area contributed by atoms with Gasteiger partial charge in [-0.15, -0.1) is 0 Å². The molecule has 0 N–H and O–H groups in total. The molecule has 0 aromatic carbocycles. The van der Waals surface area contributed by atoms with Gasteiger partial charge >= 0.3 is 0 Å². The molecular formula is C14H8N3S2+. The molecule has 4 aromatic heterocycles. The molecular weight excluding hydrogens is 274 g/mol. The summed E-state index contributed by atoms with van der Waals surface area (Å²) in [6.07, 6.45) is 3.74. The maximum absolute atomic E-state index is 4.53. The summed E-state index contributed by atoms with van der Waals surface area (Å²) in [4.78, 5) is 10.1. The normalized spacial score (nSPS) is 13.1. The molecule has 0 fully saturated rings. The highest BCUT2D eigenvalue weighted by Gasteiger charge is 2.34. The van der Waals surface area contributed by atoms with E-state index in [1.807, 2.05) is 35.9 Å². The first kappa shape index (κ1) is 10.00. The lowest BCUT2D eigenvalue weighted by Crippen LogP contribution is -2.30. The van der Waals surface area contributed by atoms with Gasteiger partial charge in [0.05, 0.1) is 10.9 Å². The molecule has 90 valence electrons. The second-order valence-corrected chi connectivity index (χ2v) is 6.86. The molecule has 19 heavy (non-hydrogen) atoms. The van der Waals surface area contributed by atoms with Gasteiger partial charge in [-0.1, -0.05) is 11.3 Å². The molecule has 4 aromatic rings. The van der Waals surface area contributed by atoms with Gasteiger partial charge in [0.25, 0.3) is 5.01 Å². The minimum Gasteiger partial charge on any atom is -0.248 e. The number of thiophene rings is 1. The Labute approximate surface area is 116 Å². The van der Waals surface area contributed by atoms with Crippen LogP contribution in [-0.2, 0) is 6.54 Å². The maximum Gasteiger partial charge on any atom is 0.290 e. The monoisotopic (exact) mass is 282 g/mol. The second kappa shape index (κ2) is 3.37. The number of hydrogen-bond donors (Lipinski definition) is 0. The number of thiazole rings is 1. The first-order chi connectivity index (χ1) is 9.42. The number of rotatable bonds is 0. The average molecular weight is 282 g/mol.